The third-order valence-corrected chi connectivity index (χ3v) is 4.20. The molecule has 0 aliphatic rings. The number of aromatic nitrogens is 3. The molecular weight excluding hydrogens is 419 g/mol. The van der Waals surface area contributed by atoms with E-state index in [2.05, 4.69) is 15.6 Å². The summed E-state index contributed by atoms with van der Waals surface area (Å²) in [4.78, 5) is 22.6. The molecule has 0 spiro atoms. The molecule has 152 valence electrons. The van der Waals surface area contributed by atoms with Crippen molar-refractivity contribution in [1.82, 2.24) is 14.9 Å². The topological polar surface area (TPSA) is 116 Å². The third kappa shape index (κ3) is 4.37. The van der Waals surface area contributed by atoms with Crippen LogP contribution in [0.15, 0.2) is 35.0 Å². The predicted octanol–water partition coefficient (Wildman–Crippen LogP) is 4.06. The van der Waals surface area contributed by atoms with E-state index < -0.39 is 22.6 Å². The predicted molar refractivity (Wildman–Crippen MR) is 93.6 cm³/mol. The van der Waals surface area contributed by atoms with Crippen molar-refractivity contribution in [2.24, 2.45) is 0 Å². The average Bonchev–Trinajstić information content (AvgIpc) is 3.24. The van der Waals surface area contributed by atoms with Crippen LogP contribution in [0.4, 0.5) is 24.7 Å². The van der Waals surface area contributed by atoms with Crippen molar-refractivity contribution in [3.8, 4) is 0 Å². The highest BCUT2D eigenvalue weighted by Gasteiger charge is 2.31. The number of carbonyl (C=O) groups is 1. The maximum atomic E-state index is 12.9. The zero-order valence-electron chi connectivity index (χ0n) is 14.5. The Balaban J connectivity index is 1.86. The fourth-order valence-corrected chi connectivity index (χ4v) is 2.60. The minimum absolute atomic E-state index is 0.0811. The van der Waals surface area contributed by atoms with E-state index in [1.807, 2.05) is 0 Å². The van der Waals surface area contributed by atoms with Crippen molar-refractivity contribution < 1.29 is 27.4 Å². The second kappa shape index (κ2) is 7.54. The summed E-state index contributed by atoms with van der Waals surface area (Å²) in [5, 5.41) is 20.3. The first kappa shape index (κ1) is 20.3. The molecule has 2 aromatic heterocycles. The van der Waals surface area contributed by atoms with E-state index in [1.54, 1.807) is 0 Å². The number of amides is 1. The Morgan fingerprint density at radius 2 is 2.10 bits per heavy atom. The van der Waals surface area contributed by atoms with Gasteiger partial charge in [-0.15, -0.1) is 0 Å². The molecule has 9 nitrogen and oxygen atoms in total. The van der Waals surface area contributed by atoms with Gasteiger partial charge in [0.2, 0.25) is 0 Å². The Labute approximate surface area is 165 Å². The molecule has 0 fully saturated rings. The lowest BCUT2D eigenvalue weighted by Crippen LogP contribution is -2.17. The van der Waals surface area contributed by atoms with Crippen LogP contribution in [0.2, 0.25) is 5.02 Å². The van der Waals surface area contributed by atoms with E-state index >= 15 is 0 Å². The number of rotatable bonds is 5. The highest BCUT2D eigenvalue weighted by Crippen LogP contribution is 2.34. The van der Waals surface area contributed by atoms with Gasteiger partial charge in [-0.3, -0.25) is 4.79 Å². The van der Waals surface area contributed by atoms with Crippen LogP contribution in [-0.2, 0) is 12.7 Å². The summed E-state index contributed by atoms with van der Waals surface area (Å²) in [6, 6.07) is 3.67. The number of benzene rings is 1. The van der Waals surface area contributed by atoms with Crippen LogP contribution >= 0.6 is 11.6 Å². The fourth-order valence-electron chi connectivity index (χ4n) is 2.43. The molecule has 0 saturated heterocycles. The summed E-state index contributed by atoms with van der Waals surface area (Å²) >= 11 is 5.88. The largest absolute Gasteiger partial charge is 0.416 e. The molecule has 3 rings (SSSR count). The maximum Gasteiger partial charge on any atom is 0.416 e. The number of nitrogens with one attached hydrogen (secondary N) is 1. The van der Waals surface area contributed by atoms with E-state index in [0.717, 1.165) is 12.1 Å². The number of nitrogens with zero attached hydrogens (tertiary/aromatic N) is 4. The number of nitro groups is 1. The molecule has 1 amide bonds. The van der Waals surface area contributed by atoms with Crippen LogP contribution in [0.1, 0.15) is 27.4 Å². The van der Waals surface area contributed by atoms with Crippen molar-refractivity contribution in [3.05, 3.63) is 68.2 Å². The zero-order chi connectivity index (χ0) is 21.3. The monoisotopic (exact) mass is 429 g/mol. The molecule has 1 aromatic carbocycles. The molecule has 1 N–H and O–H groups in total. The Morgan fingerprint density at radius 1 is 1.38 bits per heavy atom. The van der Waals surface area contributed by atoms with E-state index in [0.29, 0.717) is 6.07 Å². The first-order valence-corrected chi connectivity index (χ1v) is 8.25. The maximum absolute atomic E-state index is 12.9. The lowest BCUT2D eigenvalue weighted by molar-refractivity contribution is -0.389. The van der Waals surface area contributed by atoms with E-state index in [9.17, 15) is 28.1 Å². The summed E-state index contributed by atoms with van der Waals surface area (Å²) in [6.07, 6.45) is -3.29. The lowest BCUT2D eigenvalue weighted by Gasteiger charge is -2.11. The summed E-state index contributed by atoms with van der Waals surface area (Å²) < 4.78 is 44.9. The minimum atomic E-state index is -4.62. The molecule has 0 aliphatic heterocycles. The average molecular weight is 430 g/mol. The van der Waals surface area contributed by atoms with Crippen LogP contribution < -0.4 is 5.32 Å². The standard InChI is InChI=1S/C16H11ClF3N5O4/c1-8-10(7-24-5-4-13(22-24)25(27)28)14(23-29-8)15(26)21-12-6-9(16(18,19)20)2-3-11(12)17/h2-6H,7H2,1H3,(H,21,26). The molecule has 0 unspecified atom stereocenters. The van der Waals surface area contributed by atoms with Gasteiger partial charge in [0, 0.05) is 0 Å². The molecule has 29 heavy (non-hydrogen) atoms. The van der Waals surface area contributed by atoms with Crippen molar-refractivity contribution in [3.63, 3.8) is 0 Å². The molecule has 2 heterocycles. The Morgan fingerprint density at radius 3 is 2.72 bits per heavy atom. The van der Waals surface area contributed by atoms with Gasteiger partial charge in [0.25, 0.3) is 5.91 Å². The number of alkyl halides is 3. The molecule has 3 aromatic rings. The van der Waals surface area contributed by atoms with E-state index in [-0.39, 0.29) is 40.1 Å². The molecule has 0 saturated carbocycles. The van der Waals surface area contributed by atoms with Gasteiger partial charge < -0.3 is 20.0 Å². The van der Waals surface area contributed by atoms with Crippen molar-refractivity contribution in [2.45, 2.75) is 19.6 Å². The highest BCUT2D eigenvalue weighted by molar-refractivity contribution is 6.34. The SMILES string of the molecule is Cc1onc(C(=O)Nc2cc(C(F)(F)F)ccc2Cl)c1Cn1ccc([N+](=O)[O-])n1. The number of aryl methyl sites for hydroxylation is 1. The summed E-state index contributed by atoms with van der Waals surface area (Å²) in [5.74, 6) is -1.01. The molecular formula is C16H11ClF3N5O4. The minimum Gasteiger partial charge on any atom is -0.361 e. The number of hydrogen-bond donors (Lipinski definition) is 1. The zero-order valence-corrected chi connectivity index (χ0v) is 15.3. The van der Waals surface area contributed by atoms with Gasteiger partial charge in [-0.2, -0.15) is 17.9 Å². The molecule has 13 heteroatoms. The number of anilines is 1. The van der Waals surface area contributed by atoms with Gasteiger partial charge in [0.05, 0.1) is 45.7 Å². The number of carbonyl (C=O) groups excluding carboxylic acids is 1. The fraction of sp³-hybridized carbons (Fsp3) is 0.188. The quantitative estimate of drug-likeness (QED) is 0.483. The van der Waals surface area contributed by atoms with Crippen LogP contribution in [0.3, 0.4) is 0 Å². The molecule has 0 aliphatic carbocycles. The third-order valence-electron chi connectivity index (χ3n) is 3.88. The van der Waals surface area contributed by atoms with Crippen LogP contribution in [0.25, 0.3) is 0 Å². The number of halogens is 4. The van der Waals surface area contributed by atoms with Gasteiger partial charge in [-0.1, -0.05) is 16.8 Å². The summed E-state index contributed by atoms with van der Waals surface area (Å²) in [5.41, 5.74) is -1.21. The van der Waals surface area contributed by atoms with Gasteiger partial charge >= 0.3 is 12.0 Å². The Hall–Kier alpha value is -3.41. The smallest absolute Gasteiger partial charge is 0.361 e. The Bertz CT molecular complexity index is 1090. The highest BCUT2D eigenvalue weighted by atomic mass is 35.5. The van der Waals surface area contributed by atoms with Crippen LogP contribution in [-0.4, -0.2) is 25.8 Å². The Kier molecular flexibility index (Phi) is 5.29. The lowest BCUT2D eigenvalue weighted by atomic mass is 10.1. The van der Waals surface area contributed by atoms with Gasteiger partial charge in [-0.25, -0.2) is 0 Å². The first-order chi connectivity index (χ1) is 13.6. The van der Waals surface area contributed by atoms with E-state index in [1.165, 1.54) is 23.9 Å². The van der Waals surface area contributed by atoms with Gasteiger partial charge in [0.15, 0.2) is 5.69 Å². The molecule has 0 atom stereocenters. The van der Waals surface area contributed by atoms with Gasteiger partial charge in [-0.05, 0) is 30.0 Å². The molecule has 0 radical (unpaired) electrons. The van der Waals surface area contributed by atoms with Crippen molar-refractivity contribution in [1.29, 1.82) is 0 Å². The normalized spacial score (nSPS) is 11.5. The second-order valence-corrected chi connectivity index (χ2v) is 6.25. The van der Waals surface area contributed by atoms with Crippen LogP contribution in [0, 0.1) is 17.0 Å². The second-order valence-electron chi connectivity index (χ2n) is 5.84. The number of hydrogen-bond acceptors (Lipinski definition) is 6. The van der Waals surface area contributed by atoms with E-state index in [4.69, 9.17) is 16.1 Å². The van der Waals surface area contributed by atoms with Crippen LogP contribution in [0.5, 0.6) is 0 Å². The molecule has 0 bridgehead atoms. The first-order valence-electron chi connectivity index (χ1n) is 7.87. The summed E-state index contributed by atoms with van der Waals surface area (Å²) in [7, 11) is 0. The summed E-state index contributed by atoms with van der Waals surface area (Å²) in [6.45, 7) is 1.43. The van der Waals surface area contributed by atoms with Crippen molar-refractivity contribution >= 4 is 29.0 Å². The van der Waals surface area contributed by atoms with Gasteiger partial charge in [0.1, 0.15) is 5.76 Å². The van der Waals surface area contributed by atoms with Crippen molar-refractivity contribution in [2.75, 3.05) is 5.32 Å².